The van der Waals surface area contributed by atoms with E-state index in [2.05, 4.69) is 4.72 Å². The molecule has 0 aliphatic carbocycles. The number of benzene rings is 2. The third-order valence-electron chi connectivity index (χ3n) is 4.66. The minimum absolute atomic E-state index is 0.0253. The van der Waals surface area contributed by atoms with Crippen molar-refractivity contribution in [3.63, 3.8) is 0 Å². The van der Waals surface area contributed by atoms with Gasteiger partial charge in [-0.3, -0.25) is 10.1 Å². The summed E-state index contributed by atoms with van der Waals surface area (Å²) in [6.07, 6.45) is 2.43. The molecular weight excluding hydrogens is 354 g/mol. The van der Waals surface area contributed by atoms with E-state index in [0.717, 1.165) is 30.8 Å². The van der Waals surface area contributed by atoms with Gasteiger partial charge in [0.05, 0.1) is 36.0 Å². The number of quaternary nitrogens is 1. The van der Waals surface area contributed by atoms with Crippen molar-refractivity contribution < 1.29 is 18.2 Å². The van der Waals surface area contributed by atoms with Crippen LogP contribution in [0.5, 0.6) is 0 Å². The monoisotopic (exact) mass is 376 g/mol. The van der Waals surface area contributed by atoms with Crippen molar-refractivity contribution in [1.29, 1.82) is 0 Å². The standard InChI is InChI=1S/C18H21N3O4S/c22-21(23)17-7-3-15(4-8-17)16-5-9-18(10-6-16)26(24,25)19-11-14-20-12-1-2-13-20/h3-10,19H,1-2,11-14H2/p+1. The lowest BCUT2D eigenvalue weighted by atomic mass is 10.1. The van der Waals surface area contributed by atoms with Gasteiger partial charge >= 0.3 is 0 Å². The predicted molar refractivity (Wildman–Crippen MR) is 98.5 cm³/mol. The highest BCUT2D eigenvalue weighted by Gasteiger charge is 2.18. The molecule has 2 aromatic carbocycles. The van der Waals surface area contributed by atoms with E-state index in [0.29, 0.717) is 6.54 Å². The van der Waals surface area contributed by atoms with Crippen LogP contribution in [0.25, 0.3) is 11.1 Å². The molecule has 0 radical (unpaired) electrons. The lowest BCUT2D eigenvalue weighted by Crippen LogP contribution is -3.10. The van der Waals surface area contributed by atoms with Crippen molar-refractivity contribution in [3.8, 4) is 11.1 Å². The average molecular weight is 376 g/mol. The Morgan fingerprint density at radius 1 is 0.962 bits per heavy atom. The normalized spacial score (nSPS) is 15.2. The quantitative estimate of drug-likeness (QED) is 0.561. The summed E-state index contributed by atoms with van der Waals surface area (Å²) in [5, 5.41) is 10.7. The van der Waals surface area contributed by atoms with Crippen molar-refractivity contribution in [2.75, 3.05) is 26.2 Å². The molecule has 7 nitrogen and oxygen atoms in total. The van der Waals surface area contributed by atoms with Crippen molar-refractivity contribution in [2.24, 2.45) is 0 Å². The Kier molecular flexibility index (Phi) is 5.65. The minimum atomic E-state index is -3.52. The molecule has 1 aliphatic rings. The van der Waals surface area contributed by atoms with Gasteiger partial charge in [0, 0.05) is 25.0 Å². The topological polar surface area (TPSA) is 93.8 Å². The number of non-ortho nitro benzene ring substituents is 1. The van der Waals surface area contributed by atoms with Crippen LogP contribution in [0.1, 0.15) is 12.8 Å². The molecule has 0 unspecified atom stereocenters. The largest absolute Gasteiger partial charge is 0.334 e. The van der Waals surface area contributed by atoms with Gasteiger partial charge in [-0.25, -0.2) is 13.1 Å². The van der Waals surface area contributed by atoms with E-state index < -0.39 is 14.9 Å². The van der Waals surface area contributed by atoms with E-state index in [1.807, 2.05) is 0 Å². The summed E-state index contributed by atoms with van der Waals surface area (Å²) in [6, 6.07) is 12.7. The van der Waals surface area contributed by atoms with Gasteiger partial charge in [-0.05, 0) is 35.4 Å². The Hall–Kier alpha value is -2.29. The lowest BCUT2D eigenvalue weighted by Gasteiger charge is -2.13. The van der Waals surface area contributed by atoms with Gasteiger partial charge < -0.3 is 4.90 Å². The SMILES string of the molecule is O=[N+]([O-])c1ccc(-c2ccc(S(=O)(=O)NCC[NH+]3CCCC3)cc2)cc1. The zero-order valence-corrected chi connectivity index (χ0v) is 15.2. The second-order valence-corrected chi connectivity index (χ2v) is 8.20. The highest BCUT2D eigenvalue weighted by atomic mass is 32.2. The van der Waals surface area contributed by atoms with Crippen molar-refractivity contribution in [2.45, 2.75) is 17.7 Å². The van der Waals surface area contributed by atoms with E-state index in [1.165, 1.54) is 29.9 Å². The molecule has 0 amide bonds. The van der Waals surface area contributed by atoms with Crippen LogP contribution in [0.2, 0.25) is 0 Å². The van der Waals surface area contributed by atoms with Crippen LogP contribution < -0.4 is 9.62 Å². The first-order chi connectivity index (χ1) is 12.5. The molecule has 0 spiro atoms. The molecule has 138 valence electrons. The van der Waals surface area contributed by atoms with Crippen LogP contribution in [0, 0.1) is 10.1 Å². The van der Waals surface area contributed by atoms with Crippen LogP contribution >= 0.6 is 0 Å². The average Bonchev–Trinajstić information content (AvgIpc) is 3.15. The van der Waals surface area contributed by atoms with Crippen LogP contribution in [-0.4, -0.2) is 39.5 Å². The first-order valence-corrected chi connectivity index (χ1v) is 10.1. The molecule has 1 fully saturated rings. The number of likely N-dealkylation sites (tertiary alicyclic amines) is 1. The van der Waals surface area contributed by atoms with Crippen LogP contribution in [-0.2, 0) is 10.0 Å². The van der Waals surface area contributed by atoms with Crippen LogP contribution in [0.4, 0.5) is 5.69 Å². The van der Waals surface area contributed by atoms with Crippen LogP contribution in [0.15, 0.2) is 53.4 Å². The molecule has 0 aromatic heterocycles. The first-order valence-electron chi connectivity index (χ1n) is 8.64. The van der Waals surface area contributed by atoms with E-state index in [1.54, 1.807) is 36.4 Å². The number of sulfonamides is 1. The zero-order valence-electron chi connectivity index (χ0n) is 14.3. The number of nitrogens with zero attached hydrogens (tertiary/aromatic N) is 1. The number of nitrogens with one attached hydrogen (secondary N) is 2. The molecule has 0 bridgehead atoms. The number of hydrogen-bond acceptors (Lipinski definition) is 4. The molecular formula is C18H22N3O4S+. The number of hydrogen-bond donors (Lipinski definition) is 2. The molecule has 1 heterocycles. The summed E-state index contributed by atoms with van der Waals surface area (Å²) in [5.41, 5.74) is 1.63. The number of nitro benzene ring substituents is 1. The van der Waals surface area contributed by atoms with Crippen molar-refractivity contribution in [3.05, 3.63) is 58.6 Å². The van der Waals surface area contributed by atoms with Gasteiger partial charge in [-0.15, -0.1) is 0 Å². The fourth-order valence-electron chi connectivity index (χ4n) is 3.17. The highest BCUT2D eigenvalue weighted by Crippen LogP contribution is 2.23. The number of nitro groups is 1. The predicted octanol–water partition coefficient (Wildman–Crippen LogP) is 1.22. The van der Waals surface area contributed by atoms with E-state index in [9.17, 15) is 18.5 Å². The summed E-state index contributed by atoms with van der Waals surface area (Å²) < 4.78 is 27.4. The fraction of sp³-hybridized carbons (Fsp3) is 0.333. The van der Waals surface area contributed by atoms with Crippen molar-refractivity contribution >= 4 is 15.7 Å². The molecule has 1 saturated heterocycles. The van der Waals surface area contributed by atoms with Crippen molar-refractivity contribution in [1.82, 2.24) is 4.72 Å². The molecule has 2 N–H and O–H groups in total. The number of rotatable bonds is 7. The minimum Gasteiger partial charge on any atom is -0.334 e. The summed E-state index contributed by atoms with van der Waals surface area (Å²) in [7, 11) is -3.52. The van der Waals surface area contributed by atoms with Gasteiger partial charge in [-0.1, -0.05) is 12.1 Å². The van der Waals surface area contributed by atoms with E-state index in [4.69, 9.17) is 0 Å². The molecule has 2 aromatic rings. The molecule has 3 rings (SSSR count). The summed E-state index contributed by atoms with van der Waals surface area (Å²) in [4.78, 5) is 11.9. The summed E-state index contributed by atoms with van der Waals surface area (Å²) >= 11 is 0. The molecule has 26 heavy (non-hydrogen) atoms. The fourth-order valence-corrected chi connectivity index (χ4v) is 4.20. The third kappa shape index (κ3) is 4.46. The molecule has 0 saturated carbocycles. The molecule has 0 atom stereocenters. The van der Waals surface area contributed by atoms with Gasteiger partial charge in [0.25, 0.3) is 5.69 Å². The Morgan fingerprint density at radius 3 is 2.04 bits per heavy atom. The Bertz CT molecular complexity index is 858. The van der Waals surface area contributed by atoms with E-state index >= 15 is 0 Å². The maximum absolute atomic E-state index is 12.4. The second kappa shape index (κ2) is 7.94. The van der Waals surface area contributed by atoms with Gasteiger partial charge in [0.1, 0.15) is 0 Å². The second-order valence-electron chi connectivity index (χ2n) is 6.43. The Morgan fingerprint density at radius 2 is 1.50 bits per heavy atom. The smallest absolute Gasteiger partial charge is 0.269 e. The Labute approximate surface area is 152 Å². The Balaban J connectivity index is 1.64. The van der Waals surface area contributed by atoms with Crippen LogP contribution in [0.3, 0.4) is 0 Å². The van der Waals surface area contributed by atoms with Gasteiger partial charge in [0.2, 0.25) is 10.0 Å². The highest BCUT2D eigenvalue weighted by molar-refractivity contribution is 7.89. The first kappa shape index (κ1) is 18.5. The lowest BCUT2D eigenvalue weighted by molar-refractivity contribution is -0.886. The summed E-state index contributed by atoms with van der Waals surface area (Å²) in [6.45, 7) is 3.47. The summed E-state index contributed by atoms with van der Waals surface area (Å²) in [5.74, 6) is 0. The van der Waals surface area contributed by atoms with Gasteiger partial charge in [0.15, 0.2) is 0 Å². The maximum atomic E-state index is 12.4. The maximum Gasteiger partial charge on any atom is 0.269 e. The molecule has 1 aliphatic heterocycles. The third-order valence-corrected chi connectivity index (χ3v) is 6.13. The van der Waals surface area contributed by atoms with Gasteiger partial charge in [-0.2, -0.15) is 0 Å². The molecule has 8 heteroatoms. The zero-order chi connectivity index (χ0) is 18.6. The van der Waals surface area contributed by atoms with E-state index in [-0.39, 0.29) is 10.6 Å².